The van der Waals surface area contributed by atoms with Crippen LogP contribution in [-0.4, -0.2) is 35.7 Å². The van der Waals surface area contributed by atoms with Crippen molar-refractivity contribution >= 4 is 0 Å². The summed E-state index contributed by atoms with van der Waals surface area (Å²) in [5.74, 6) is 1.87. The molecule has 2 fully saturated rings. The van der Waals surface area contributed by atoms with Gasteiger partial charge in [-0.3, -0.25) is 0 Å². The number of nitrogens with zero attached hydrogens (tertiary/aromatic N) is 1. The van der Waals surface area contributed by atoms with Gasteiger partial charge >= 0.3 is 0 Å². The topological polar surface area (TPSA) is 23.5 Å². The predicted octanol–water partition coefficient (Wildman–Crippen LogP) is 3.05. The first-order valence-corrected chi connectivity index (χ1v) is 7.59. The zero-order valence-electron chi connectivity index (χ0n) is 11.6. The van der Waals surface area contributed by atoms with E-state index in [2.05, 4.69) is 18.9 Å². The van der Waals surface area contributed by atoms with Gasteiger partial charge in [0.2, 0.25) is 0 Å². The van der Waals surface area contributed by atoms with E-state index in [0.717, 1.165) is 24.7 Å². The van der Waals surface area contributed by atoms with E-state index in [0.29, 0.717) is 6.04 Å². The summed E-state index contributed by atoms with van der Waals surface area (Å²) in [5.41, 5.74) is 0. The third-order valence-electron chi connectivity index (χ3n) is 4.84. The molecule has 2 aliphatic carbocycles. The Morgan fingerprint density at radius 1 is 1.18 bits per heavy atom. The van der Waals surface area contributed by atoms with E-state index in [9.17, 15) is 5.11 Å². The molecule has 0 spiro atoms. The summed E-state index contributed by atoms with van der Waals surface area (Å²) in [6, 6.07) is 0.628. The highest BCUT2D eigenvalue weighted by Crippen LogP contribution is 2.34. The predicted molar refractivity (Wildman–Crippen MR) is 72.0 cm³/mol. The minimum atomic E-state index is -0.0475. The minimum Gasteiger partial charge on any atom is -0.393 e. The van der Waals surface area contributed by atoms with Crippen LogP contribution in [0, 0.1) is 11.8 Å². The van der Waals surface area contributed by atoms with E-state index in [-0.39, 0.29) is 6.10 Å². The molecular weight excluding hydrogens is 210 g/mol. The van der Waals surface area contributed by atoms with Crippen LogP contribution in [0.3, 0.4) is 0 Å². The smallest absolute Gasteiger partial charge is 0.0555 e. The molecule has 0 heterocycles. The standard InChI is InChI=1S/C15H29NO/c1-3-13-8-9-14(17)11-15(13)16(2)10-4-5-12-6-7-12/h12-15,17H,3-11H2,1-2H3. The van der Waals surface area contributed by atoms with Crippen LogP contribution in [0.25, 0.3) is 0 Å². The fourth-order valence-electron chi connectivity index (χ4n) is 3.41. The number of rotatable bonds is 6. The van der Waals surface area contributed by atoms with Crippen LogP contribution >= 0.6 is 0 Å². The summed E-state index contributed by atoms with van der Waals surface area (Å²) in [6.45, 7) is 3.53. The van der Waals surface area contributed by atoms with Crippen LogP contribution in [0.1, 0.15) is 58.3 Å². The molecule has 0 aliphatic heterocycles. The first-order valence-electron chi connectivity index (χ1n) is 7.59. The number of hydrogen-bond donors (Lipinski definition) is 1. The summed E-state index contributed by atoms with van der Waals surface area (Å²) in [5, 5.41) is 9.84. The van der Waals surface area contributed by atoms with Crippen molar-refractivity contribution in [2.24, 2.45) is 11.8 Å². The molecule has 2 aliphatic rings. The molecule has 100 valence electrons. The molecule has 0 amide bonds. The van der Waals surface area contributed by atoms with E-state index < -0.39 is 0 Å². The van der Waals surface area contributed by atoms with E-state index in [1.54, 1.807) is 0 Å². The summed E-state index contributed by atoms with van der Waals surface area (Å²) in [7, 11) is 2.26. The maximum absolute atomic E-state index is 9.84. The number of hydrogen-bond acceptors (Lipinski definition) is 2. The van der Waals surface area contributed by atoms with Crippen molar-refractivity contribution in [2.75, 3.05) is 13.6 Å². The van der Waals surface area contributed by atoms with Crippen molar-refractivity contribution in [3.63, 3.8) is 0 Å². The Hall–Kier alpha value is -0.0800. The number of aliphatic hydroxyl groups is 1. The molecule has 0 aromatic heterocycles. The molecule has 2 nitrogen and oxygen atoms in total. The lowest BCUT2D eigenvalue weighted by molar-refractivity contribution is 0.0358. The maximum atomic E-state index is 9.84. The van der Waals surface area contributed by atoms with Gasteiger partial charge in [0.1, 0.15) is 0 Å². The summed E-state index contributed by atoms with van der Waals surface area (Å²) in [4.78, 5) is 2.53. The average molecular weight is 239 g/mol. The van der Waals surface area contributed by atoms with Crippen LogP contribution in [0.15, 0.2) is 0 Å². The second-order valence-electron chi connectivity index (χ2n) is 6.27. The van der Waals surface area contributed by atoms with E-state index in [1.165, 1.54) is 45.1 Å². The maximum Gasteiger partial charge on any atom is 0.0555 e. The lowest BCUT2D eigenvalue weighted by Crippen LogP contribution is -2.44. The van der Waals surface area contributed by atoms with Gasteiger partial charge in [0.25, 0.3) is 0 Å². The molecule has 1 N–H and O–H groups in total. The largest absolute Gasteiger partial charge is 0.393 e. The summed E-state index contributed by atoms with van der Waals surface area (Å²) in [6.07, 6.45) is 10.2. The molecule has 3 atom stereocenters. The first-order chi connectivity index (χ1) is 8.20. The van der Waals surface area contributed by atoms with Gasteiger partial charge in [-0.1, -0.05) is 26.2 Å². The Balaban J connectivity index is 1.74. The Kier molecular flexibility index (Phi) is 4.87. The van der Waals surface area contributed by atoms with Crippen molar-refractivity contribution in [1.29, 1.82) is 0 Å². The van der Waals surface area contributed by atoms with Crippen molar-refractivity contribution in [2.45, 2.75) is 70.4 Å². The monoisotopic (exact) mass is 239 g/mol. The molecular formula is C15H29NO. The first kappa shape index (κ1) is 13.4. The molecule has 0 radical (unpaired) electrons. The zero-order chi connectivity index (χ0) is 12.3. The fourth-order valence-corrected chi connectivity index (χ4v) is 3.41. The van der Waals surface area contributed by atoms with Gasteiger partial charge in [-0.2, -0.15) is 0 Å². The number of aliphatic hydroxyl groups excluding tert-OH is 1. The third-order valence-corrected chi connectivity index (χ3v) is 4.84. The van der Waals surface area contributed by atoms with Gasteiger partial charge < -0.3 is 10.0 Å². The Bertz CT molecular complexity index is 227. The molecule has 2 heteroatoms. The van der Waals surface area contributed by atoms with E-state index in [1.807, 2.05) is 0 Å². The molecule has 3 unspecified atom stereocenters. The van der Waals surface area contributed by atoms with Crippen LogP contribution < -0.4 is 0 Å². The summed E-state index contributed by atoms with van der Waals surface area (Å²) >= 11 is 0. The average Bonchev–Trinajstić information content (AvgIpc) is 3.13. The van der Waals surface area contributed by atoms with E-state index >= 15 is 0 Å². The normalized spacial score (nSPS) is 34.2. The van der Waals surface area contributed by atoms with Gasteiger partial charge in [0.05, 0.1) is 6.10 Å². The van der Waals surface area contributed by atoms with Crippen LogP contribution in [0.5, 0.6) is 0 Å². The molecule has 0 saturated heterocycles. The van der Waals surface area contributed by atoms with Crippen molar-refractivity contribution in [3.05, 3.63) is 0 Å². The lowest BCUT2D eigenvalue weighted by atomic mass is 9.80. The highest BCUT2D eigenvalue weighted by atomic mass is 16.3. The van der Waals surface area contributed by atoms with Crippen molar-refractivity contribution in [3.8, 4) is 0 Å². The van der Waals surface area contributed by atoms with Crippen molar-refractivity contribution < 1.29 is 5.11 Å². The molecule has 17 heavy (non-hydrogen) atoms. The van der Waals surface area contributed by atoms with Gasteiger partial charge in [0.15, 0.2) is 0 Å². The van der Waals surface area contributed by atoms with Gasteiger partial charge in [-0.25, -0.2) is 0 Å². The Morgan fingerprint density at radius 2 is 1.94 bits per heavy atom. The lowest BCUT2D eigenvalue weighted by Gasteiger charge is -2.39. The Morgan fingerprint density at radius 3 is 2.59 bits per heavy atom. The van der Waals surface area contributed by atoms with Crippen LogP contribution in [0.2, 0.25) is 0 Å². The van der Waals surface area contributed by atoms with Crippen LogP contribution in [-0.2, 0) is 0 Å². The highest BCUT2D eigenvalue weighted by molar-refractivity contribution is 4.85. The van der Waals surface area contributed by atoms with Gasteiger partial charge in [-0.15, -0.1) is 0 Å². The second-order valence-corrected chi connectivity index (χ2v) is 6.27. The molecule has 0 aromatic rings. The molecule has 0 aromatic carbocycles. The van der Waals surface area contributed by atoms with Gasteiger partial charge in [0, 0.05) is 6.04 Å². The molecule has 2 saturated carbocycles. The third kappa shape index (κ3) is 3.96. The summed E-state index contributed by atoms with van der Waals surface area (Å²) < 4.78 is 0. The van der Waals surface area contributed by atoms with Gasteiger partial charge in [-0.05, 0) is 57.5 Å². The zero-order valence-corrected chi connectivity index (χ0v) is 11.6. The minimum absolute atomic E-state index is 0.0475. The SMILES string of the molecule is CCC1CCC(O)CC1N(C)CCCC1CC1. The van der Waals surface area contributed by atoms with E-state index in [4.69, 9.17) is 0 Å². The second kappa shape index (κ2) is 6.19. The quantitative estimate of drug-likeness (QED) is 0.770. The molecule has 0 bridgehead atoms. The highest BCUT2D eigenvalue weighted by Gasteiger charge is 2.31. The Labute approximate surface area is 106 Å². The van der Waals surface area contributed by atoms with Crippen LogP contribution in [0.4, 0.5) is 0 Å². The van der Waals surface area contributed by atoms with Crippen molar-refractivity contribution in [1.82, 2.24) is 4.90 Å². The fraction of sp³-hybridized carbons (Fsp3) is 1.00. The molecule has 2 rings (SSSR count).